The van der Waals surface area contributed by atoms with Crippen LogP contribution in [0.1, 0.15) is 18.4 Å². The van der Waals surface area contributed by atoms with Crippen molar-refractivity contribution in [2.75, 3.05) is 59.4 Å². The number of amides is 1. The quantitative estimate of drug-likeness (QED) is 0.364. The Morgan fingerprint density at radius 2 is 1.65 bits per heavy atom. The third kappa shape index (κ3) is 6.10. The molecule has 0 unspecified atom stereocenters. The van der Waals surface area contributed by atoms with Crippen molar-refractivity contribution in [1.82, 2.24) is 20.0 Å². The van der Waals surface area contributed by atoms with Crippen molar-refractivity contribution in [3.05, 3.63) is 48.0 Å². The lowest BCUT2D eigenvalue weighted by molar-refractivity contribution is -0.131. The first-order valence-corrected chi connectivity index (χ1v) is 11.2. The predicted molar refractivity (Wildman–Crippen MR) is 138 cm³/mol. The highest BCUT2D eigenvalue weighted by Gasteiger charge is 2.24. The van der Waals surface area contributed by atoms with Crippen LogP contribution in [0.4, 0.5) is 0 Å². The number of guanidine groups is 1. The first-order chi connectivity index (χ1) is 14.7. The Morgan fingerprint density at radius 3 is 2.39 bits per heavy atom. The topological polar surface area (TPSA) is 51.2 Å². The lowest BCUT2D eigenvalue weighted by atomic mass is 10.0. The lowest BCUT2D eigenvalue weighted by Crippen LogP contribution is -2.54. The number of piperazine rings is 1. The first-order valence-electron chi connectivity index (χ1n) is 11.2. The number of hydrogen-bond acceptors (Lipinski definition) is 3. The maximum atomic E-state index is 12.4. The standard InChI is InChI=1S/C24H33N5O.HI/c1-25-24(26-12-11-21-9-6-8-20-7-2-3-10-22(20)21)29-17-15-27(16-18-29)19-23(30)28-13-4-5-14-28;/h2-3,6-10H,4-5,11-19H2,1H3,(H,25,26);1H. The molecule has 2 aromatic carbocycles. The fraction of sp³-hybridized carbons (Fsp3) is 0.500. The highest BCUT2D eigenvalue weighted by atomic mass is 127. The van der Waals surface area contributed by atoms with E-state index in [-0.39, 0.29) is 24.0 Å². The van der Waals surface area contributed by atoms with Crippen molar-refractivity contribution >= 4 is 46.6 Å². The summed E-state index contributed by atoms with van der Waals surface area (Å²) in [5, 5.41) is 6.15. The van der Waals surface area contributed by atoms with Crippen molar-refractivity contribution in [3.63, 3.8) is 0 Å². The van der Waals surface area contributed by atoms with Gasteiger partial charge in [-0.2, -0.15) is 0 Å². The van der Waals surface area contributed by atoms with Gasteiger partial charge in [-0.15, -0.1) is 24.0 Å². The highest BCUT2D eigenvalue weighted by Crippen LogP contribution is 2.18. The van der Waals surface area contributed by atoms with Gasteiger partial charge in [0.1, 0.15) is 0 Å². The maximum Gasteiger partial charge on any atom is 0.236 e. The molecule has 2 aliphatic heterocycles. The van der Waals surface area contributed by atoms with Crippen LogP contribution in [0.15, 0.2) is 47.5 Å². The molecule has 0 aliphatic carbocycles. The Bertz CT molecular complexity index is 883. The van der Waals surface area contributed by atoms with Crippen molar-refractivity contribution in [3.8, 4) is 0 Å². The monoisotopic (exact) mass is 535 g/mol. The molecule has 2 aliphatic rings. The summed E-state index contributed by atoms with van der Waals surface area (Å²) >= 11 is 0. The van der Waals surface area contributed by atoms with Crippen LogP contribution in [0.3, 0.4) is 0 Å². The van der Waals surface area contributed by atoms with E-state index in [0.29, 0.717) is 12.5 Å². The first kappa shape index (κ1) is 23.8. The number of nitrogens with one attached hydrogen (secondary N) is 1. The number of aliphatic imine (C=N–C) groups is 1. The summed E-state index contributed by atoms with van der Waals surface area (Å²) in [5.41, 5.74) is 1.36. The third-order valence-corrected chi connectivity index (χ3v) is 6.26. The largest absolute Gasteiger partial charge is 0.356 e. The second-order valence-electron chi connectivity index (χ2n) is 8.21. The molecule has 0 spiro atoms. The van der Waals surface area contributed by atoms with E-state index in [4.69, 9.17) is 0 Å². The van der Waals surface area contributed by atoms with Gasteiger partial charge in [0.05, 0.1) is 6.54 Å². The SMILES string of the molecule is CN=C(NCCc1cccc2ccccc12)N1CCN(CC(=O)N2CCCC2)CC1.I. The second kappa shape index (κ2) is 11.7. The average Bonchev–Trinajstić information content (AvgIpc) is 3.33. The van der Waals surface area contributed by atoms with E-state index in [2.05, 4.69) is 62.6 Å². The van der Waals surface area contributed by atoms with E-state index in [0.717, 1.165) is 71.0 Å². The van der Waals surface area contributed by atoms with Crippen LogP contribution >= 0.6 is 24.0 Å². The van der Waals surface area contributed by atoms with Crippen LogP contribution in [0.5, 0.6) is 0 Å². The van der Waals surface area contributed by atoms with Gasteiger partial charge in [0.2, 0.25) is 5.91 Å². The minimum absolute atomic E-state index is 0. The van der Waals surface area contributed by atoms with Gasteiger partial charge in [0, 0.05) is 52.9 Å². The van der Waals surface area contributed by atoms with Crippen molar-refractivity contribution in [2.45, 2.75) is 19.3 Å². The Hall–Kier alpha value is -1.87. The molecule has 1 N–H and O–H groups in total. The number of likely N-dealkylation sites (tertiary alicyclic amines) is 1. The molecule has 2 fully saturated rings. The smallest absolute Gasteiger partial charge is 0.236 e. The van der Waals surface area contributed by atoms with Crippen LogP contribution in [-0.4, -0.2) is 86.0 Å². The number of nitrogens with zero attached hydrogens (tertiary/aromatic N) is 4. The van der Waals surface area contributed by atoms with Gasteiger partial charge in [-0.25, -0.2) is 0 Å². The number of carbonyl (C=O) groups excluding carboxylic acids is 1. The Morgan fingerprint density at radius 1 is 0.935 bits per heavy atom. The zero-order valence-corrected chi connectivity index (χ0v) is 20.8. The fourth-order valence-corrected chi connectivity index (χ4v) is 4.53. The molecule has 2 aromatic rings. The summed E-state index contributed by atoms with van der Waals surface area (Å²) in [7, 11) is 1.85. The summed E-state index contributed by atoms with van der Waals surface area (Å²) in [6, 6.07) is 15.1. The summed E-state index contributed by atoms with van der Waals surface area (Å²) in [4.78, 5) is 23.5. The van der Waals surface area contributed by atoms with E-state index in [1.54, 1.807) is 0 Å². The van der Waals surface area contributed by atoms with Gasteiger partial charge >= 0.3 is 0 Å². The molecule has 1 amide bonds. The zero-order chi connectivity index (χ0) is 20.8. The minimum Gasteiger partial charge on any atom is -0.356 e. The molecule has 31 heavy (non-hydrogen) atoms. The van der Waals surface area contributed by atoms with E-state index >= 15 is 0 Å². The van der Waals surface area contributed by atoms with Crippen molar-refractivity contribution in [1.29, 1.82) is 0 Å². The minimum atomic E-state index is 0. The van der Waals surface area contributed by atoms with Crippen molar-refractivity contribution in [2.24, 2.45) is 4.99 Å². The van der Waals surface area contributed by atoms with Crippen LogP contribution in [0, 0.1) is 0 Å². The molecule has 4 rings (SSSR count). The van der Waals surface area contributed by atoms with Crippen LogP contribution in [0.25, 0.3) is 10.8 Å². The molecular formula is C24H34IN5O. The average molecular weight is 535 g/mol. The molecule has 2 saturated heterocycles. The number of fused-ring (bicyclic) bond motifs is 1. The normalized spacial score (nSPS) is 17.6. The van der Waals surface area contributed by atoms with Gasteiger partial charge in [-0.1, -0.05) is 42.5 Å². The molecule has 0 radical (unpaired) electrons. The zero-order valence-electron chi connectivity index (χ0n) is 18.4. The maximum absolute atomic E-state index is 12.4. The lowest BCUT2D eigenvalue weighted by Gasteiger charge is -2.36. The van der Waals surface area contributed by atoms with Crippen LogP contribution < -0.4 is 5.32 Å². The Labute approximate surface area is 202 Å². The van der Waals surface area contributed by atoms with Crippen LogP contribution in [0.2, 0.25) is 0 Å². The summed E-state index contributed by atoms with van der Waals surface area (Å²) in [5.74, 6) is 1.25. The Kier molecular flexibility index (Phi) is 8.95. The second-order valence-corrected chi connectivity index (χ2v) is 8.21. The molecule has 0 aromatic heterocycles. The van der Waals surface area contributed by atoms with E-state index in [1.807, 2.05) is 11.9 Å². The van der Waals surface area contributed by atoms with Gasteiger partial charge in [0.15, 0.2) is 5.96 Å². The molecule has 6 nitrogen and oxygen atoms in total. The van der Waals surface area contributed by atoms with E-state index < -0.39 is 0 Å². The molecule has 0 saturated carbocycles. The summed E-state index contributed by atoms with van der Waals surface area (Å²) in [6.07, 6.45) is 3.27. The number of benzene rings is 2. The number of hydrogen-bond donors (Lipinski definition) is 1. The third-order valence-electron chi connectivity index (χ3n) is 6.26. The molecule has 2 heterocycles. The summed E-state index contributed by atoms with van der Waals surface area (Å²) in [6.45, 7) is 6.91. The molecule has 7 heteroatoms. The van der Waals surface area contributed by atoms with E-state index in [1.165, 1.54) is 16.3 Å². The van der Waals surface area contributed by atoms with Gasteiger partial charge in [-0.3, -0.25) is 14.7 Å². The van der Waals surface area contributed by atoms with Crippen LogP contribution in [-0.2, 0) is 11.2 Å². The van der Waals surface area contributed by atoms with Crippen molar-refractivity contribution < 1.29 is 4.79 Å². The van der Waals surface area contributed by atoms with E-state index in [9.17, 15) is 4.79 Å². The summed E-state index contributed by atoms with van der Waals surface area (Å²) < 4.78 is 0. The molecule has 168 valence electrons. The van der Waals surface area contributed by atoms with Gasteiger partial charge in [0.25, 0.3) is 0 Å². The molecule has 0 atom stereocenters. The Balaban J connectivity index is 0.00000272. The molecule has 0 bridgehead atoms. The van der Waals surface area contributed by atoms with Gasteiger partial charge in [-0.05, 0) is 35.6 Å². The number of carbonyl (C=O) groups is 1. The number of halogens is 1. The predicted octanol–water partition coefficient (Wildman–Crippen LogP) is 2.82. The highest BCUT2D eigenvalue weighted by molar-refractivity contribution is 14.0. The number of rotatable bonds is 5. The van der Waals surface area contributed by atoms with Gasteiger partial charge < -0.3 is 15.1 Å². The molecular weight excluding hydrogens is 501 g/mol. The fourth-order valence-electron chi connectivity index (χ4n) is 4.53.